The fraction of sp³-hybridized carbons (Fsp3) is 0.333. The van der Waals surface area contributed by atoms with Crippen LogP contribution in [0.1, 0.15) is 42.7 Å². The maximum atomic E-state index is 14.8. The van der Waals surface area contributed by atoms with E-state index in [4.69, 9.17) is 11.6 Å². The number of hydrogen-bond acceptors (Lipinski definition) is 4. The molecule has 5 rings (SSSR count). The lowest BCUT2D eigenvalue weighted by molar-refractivity contribution is -0.134. The van der Waals surface area contributed by atoms with Gasteiger partial charge in [-0.1, -0.05) is 11.6 Å². The Hall–Kier alpha value is -4.04. The zero-order valence-electron chi connectivity index (χ0n) is 20.9. The Balaban J connectivity index is 1.45. The number of nitrogens with zero attached hydrogens (tertiary/aromatic N) is 2. The third kappa shape index (κ3) is 4.69. The van der Waals surface area contributed by atoms with Gasteiger partial charge in [0.15, 0.2) is 0 Å². The van der Waals surface area contributed by atoms with Gasteiger partial charge in [-0.2, -0.15) is 5.26 Å². The topological polar surface area (TPSA) is 118 Å². The van der Waals surface area contributed by atoms with Gasteiger partial charge in [0.1, 0.15) is 35.1 Å². The van der Waals surface area contributed by atoms with Crippen LogP contribution in [0.5, 0.6) is 0 Å². The van der Waals surface area contributed by atoms with Crippen LogP contribution in [-0.2, 0) is 15.0 Å². The van der Waals surface area contributed by atoms with Gasteiger partial charge in [0.05, 0.1) is 17.0 Å². The van der Waals surface area contributed by atoms with Crippen LogP contribution in [0.3, 0.4) is 0 Å². The van der Waals surface area contributed by atoms with Crippen molar-refractivity contribution in [1.29, 1.82) is 5.26 Å². The molecule has 3 heterocycles. The lowest BCUT2D eigenvalue weighted by Gasteiger charge is -2.29. The number of anilines is 1. The minimum Gasteiger partial charge on any atom is -0.350 e. The molecule has 12 heteroatoms. The zero-order valence-corrected chi connectivity index (χ0v) is 21.6. The Morgan fingerprint density at radius 1 is 1.28 bits per heavy atom. The standard InChI is InChI=1S/C27H23ClF3N5O3/c1-26(2,31)10-22(34-23(37)21-8-16-18(30)6-14(29)7-20(16)33-21)24(38)36-12-27(9-15(36)11-32)17-5-13(28)3-4-19(17)35-25(27)39/h3-8,15,22,33H,9-10,12H2,1-2H3,(H,34,37)(H,35,39)/t15-,22-,27-/m0/s1. The molecule has 8 nitrogen and oxygen atoms in total. The molecule has 3 atom stereocenters. The fourth-order valence-corrected chi connectivity index (χ4v) is 5.57. The lowest BCUT2D eigenvalue weighted by atomic mass is 9.80. The molecular formula is C27H23ClF3N5O3. The molecule has 1 spiro atoms. The highest BCUT2D eigenvalue weighted by atomic mass is 35.5. The highest BCUT2D eigenvalue weighted by molar-refractivity contribution is 6.31. The molecule has 0 unspecified atom stereocenters. The lowest BCUT2D eigenvalue weighted by Crippen LogP contribution is -2.52. The molecule has 0 aliphatic carbocycles. The summed E-state index contributed by atoms with van der Waals surface area (Å²) in [6.45, 7) is 2.28. The van der Waals surface area contributed by atoms with Crippen molar-refractivity contribution >= 4 is 45.9 Å². The predicted molar refractivity (Wildman–Crippen MR) is 137 cm³/mol. The van der Waals surface area contributed by atoms with E-state index >= 15 is 0 Å². The number of aromatic amines is 1. The van der Waals surface area contributed by atoms with Gasteiger partial charge in [-0.15, -0.1) is 0 Å². The van der Waals surface area contributed by atoms with Crippen LogP contribution in [0, 0.1) is 23.0 Å². The normalized spacial score (nSPS) is 21.1. The summed E-state index contributed by atoms with van der Waals surface area (Å²) in [5.41, 5.74) is -2.22. The van der Waals surface area contributed by atoms with E-state index in [1.54, 1.807) is 18.2 Å². The first-order valence-corrected chi connectivity index (χ1v) is 12.5. The Morgan fingerprint density at radius 3 is 2.72 bits per heavy atom. The molecule has 1 fully saturated rings. The average Bonchev–Trinajstić information content (AvgIpc) is 3.52. The summed E-state index contributed by atoms with van der Waals surface area (Å²) in [5, 5.41) is 15.5. The Kier molecular flexibility index (Phi) is 6.34. The van der Waals surface area contributed by atoms with E-state index in [0.29, 0.717) is 22.3 Å². The number of aromatic nitrogens is 1. The van der Waals surface area contributed by atoms with Crippen molar-refractivity contribution in [3.8, 4) is 6.07 Å². The van der Waals surface area contributed by atoms with E-state index in [9.17, 15) is 32.8 Å². The number of nitrogens with one attached hydrogen (secondary N) is 3. The van der Waals surface area contributed by atoms with E-state index in [-0.39, 0.29) is 29.6 Å². The van der Waals surface area contributed by atoms with Crippen LogP contribution in [0.2, 0.25) is 5.02 Å². The number of hydrogen-bond donors (Lipinski definition) is 3. The number of likely N-dealkylation sites (tertiary alicyclic amines) is 1. The third-order valence-corrected chi connectivity index (χ3v) is 7.40. The number of fused-ring (bicyclic) bond motifs is 3. The van der Waals surface area contributed by atoms with Crippen molar-refractivity contribution in [2.24, 2.45) is 0 Å². The quantitative estimate of drug-likeness (QED) is 0.432. The van der Waals surface area contributed by atoms with Crippen molar-refractivity contribution < 1.29 is 27.6 Å². The highest BCUT2D eigenvalue weighted by Gasteiger charge is 2.56. The molecular weight excluding hydrogens is 535 g/mol. The van der Waals surface area contributed by atoms with Crippen molar-refractivity contribution in [2.45, 2.75) is 49.9 Å². The number of amides is 3. The largest absolute Gasteiger partial charge is 0.350 e. The summed E-state index contributed by atoms with van der Waals surface area (Å²) in [5.74, 6) is -3.73. The van der Waals surface area contributed by atoms with E-state index in [1.165, 1.54) is 18.7 Å². The summed E-state index contributed by atoms with van der Waals surface area (Å²) in [6.07, 6.45) is -0.460. The van der Waals surface area contributed by atoms with Crippen LogP contribution in [0.15, 0.2) is 36.4 Å². The molecule has 0 saturated carbocycles. The minimum atomic E-state index is -1.91. The Labute approximate surface area is 226 Å². The molecule has 1 aromatic heterocycles. The van der Waals surface area contributed by atoms with E-state index < -0.39 is 58.9 Å². The summed E-state index contributed by atoms with van der Waals surface area (Å²) in [7, 11) is 0. The van der Waals surface area contributed by atoms with E-state index in [2.05, 4.69) is 15.6 Å². The van der Waals surface area contributed by atoms with Crippen LogP contribution in [0.25, 0.3) is 10.9 Å². The molecule has 0 bridgehead atoms. The fourth-order valence-electron chi connectivity index (χ4n) is 5.40. The van der Waals surface area contributed by atoms with Crippen molar-refractivity contribution in [2.75, 3.05) is 11.9 Å². The Bertz CT molecular complexity index is 1580. The maximum Gasteiger partial charge on any atom is 0.268 e. The summed E-state index contributed by atoms with van der Waals surface area (Å²) < 4.78 is 42.6. The smallest absolute Gasteiger partial charge is 0.268 e. The Morgan fingerprint density at radius 2 is 2.03 bits per heavy atom. The van der Waals surface area contributed by atoms with Crippen LogP contribution < -0.4 is 10.6 Å². The van der Waals surface area contributed by atoms with Crippen LogP contribution in [-0.4, -0.2) is 51.9 Å². The number of halogens is 4. The predicted octanol–water partition coefficient (Wildman–Crippen LogP) is 4.35. The van der Waals surface area contributed by atoms with Gasteiger partial charge in [0.2, 0.25) is 11.8 Å². The van der Waals surface area contributed by atoms with Crippen LogP contribution >= 0.6 is 11.6 Å². The summed E-state index contributed by atoms with van der Waals surface area (Å²) in [4.78, 5) is 43.7. The first-order valence-electron chi connectivity index (χ1n) is 12.1. The number of alkyl halides is 1. The highest BCUT2D eigenvalue weighted by Crippen LogP contribution is 2.47. The van der Waals surface area contributed by atoms with Crippen molar-refractivity contribution in [3.63, 3.8) is 0 Å². The molecule has 202 valence electrons. The first-order chi connectivity index (χ1) is 18.3. The molecule has 2 aliphatic rings. The maximum absolute atomic E-state index is 14.8. The first kappa shape index (κ1) is 26.6. The van der Waals surface area contributed by atoms with Crippen molar-refractivity contribution in [3.05, 3.63) is 64.3 Å². The molecule has 3 N–H and O–H groups in total. The van der Waals surface area contributed by atoms with Gasteiger partial charge in [0, 0.05) is 41.5 Å². The van der Waals surface area contributed by atoms with Gasteiger partial charge < -0.3 is 20.5 Å². The van der Waals surface area contributed by atoms with Crippen LogP contribution in [0.4, 0.5) is 18.9 Å². The molecule has 39 heavy (non-hydrogen) atoms. The SMILES string of the molecule is CC(C)(F)C[C@H](NC(=O)c1cc2c(F)cc(F)cc2[nH]1)C(=O)N1C[C@]2(C[C@H]1C#N)C(=O)Nc1ccc(Cl)cc12. The second-order valence-electron chi connectivity index (χ2n) is 10.5. The molecule has 2 aromatic carbocycles. The third-order valence-electron chi connectivity index (χ3n) is 7.16. The molecule has 1 saturated heterocycles. The van der Waals surface area contributed by atoms with E-state index in [0.717, 1.165) is 12.1 Å². The molecule has 0 radical (unpaired) electrons. The number of H-pyrrole nitrogens is 1. The number of carbonyl (C=O) groups is 3. The minimum absolute atomic E-state index is 0.0129. The van der Waals surface area contributed by atoms with Gasteiger partial charge >= 0.3 is 0 Å². The number of benzene rings is 2. The van der Waals surface area contributed by atoms with Crippen molar-refractivity contribution in [1.82, 2.24) is 15.2 Å². The zero-order chi connectivity index (χ0) is 28.3. The number of rotatable bonds is 5. The van der Waals surface area contributed by atoms with Gasteiger partial charge in [-0.05, 0) is 49.7 Å². The summed E-state index contributed by atoms with van der Waals surface area (Å²) in [6, 6.07) is 7.28. The molecule has 2 aliphatic heterocycles. The van der Waals surface area contributed by atoms with Gasteiger partial charge in [-0.3, -0.25) is 14.4 Å². The summed E-state index contributed by atoms with van der Waals surface area (Å²) >= 11 is 6.17. The average molecular weight is 558 g/mol. The monoisotopic (exact) mass is 557 g/mol. The van der Waals surface area contributed by atoms with E-state index in [1.807, 2.05) is 6.07 Å². The molecule has 3 amide bonds. The molecule has 3 aromatic rings. The number of nitriles is 1. The number of carbonyl (C=O) groups excluding carboxylic acids is 3. The van der Waals surface area contributed by atoms with Gasteiger partial charge in [0.25, 0.3) is 5.91 Å². The second-order valence-corrected chi connectivity index (χ2v) is 11.0. The van der Waals surface area contributed by atoms with Gasteiger partial charge in [-0.25, -0.2) is 13.2 Å². The second kappa shape index (κ2) is 9.31.